The van der Waals surface area contributed by atoms with E-state index in [9.17, 15) is 19.4 Å². The van der Waals surface area contributed by atoms with Crippen molar-refractivity contribution in [3.05, 3.63) is 48.6 Å². The Morgan fingerprint density at radius 2 is 1.15 bits per heavy atom. The molecule has 0 rings (SSSR count). The molecule has 9 heteroatoms. The van der Waals surface area contributed by atoms with Crippen molar-refractivity contribution in [1.29, 1.82) is 0 Å². The summed E-state index contributed by atoms with van der Waals surface area (Å²) in [5.41, 5.74) is 0. The molecule has 2 N–H and O–H groups in total. The zero-order chi connectivity index (χ0) is 38.6. The molecule has 1 amide bonds. The summed E-state index contributed by atoms with van der Waals surface area (Å²) in [7, 11) is 1.22. The maximum atomic E-state index is 12.8. The van der Waals surface area contributed by atoms with Gasteiger partial charge in [0.15, 0.2) is 0 Å². The molecule has 0 heterocycles. The number of aliphatic hydroxyl groups excluding tert-OH is 1. The fourth-order valence-corrected chi connectivity index (χ4v) is 6.44. The highest BCUT2D eigenvalue weighted by atomic mass is 31.2. The van der Waals surface area contributed by atoms with E-state index in [-0.39, 0.29) is 12.5 Å². The monoisotopic (exact) mass is 753 g/mol. The molecule has 304 valence electrons. The number of hydrogen-bond acceptors (Lipinski definition) is 6. The first-order valence-electron chi connectivity index (χ1n) is 21.0. The topological polar surface area (TPSA) is 108 Å². The van der Waals surface area contributed by atoms with Crippen LogP contribution in [0.2, 0.25) is 0 Å². The lowest BCUT2D eigenvalue weighted by atomic mass is 10.0. The highest BCUT2D eigenvalue weighted by Gasteiger charge is 2.23. The van der Waals surface area contributed by atoms with Crippen molar-refractivity contribution in [2.24, 2.45) is 0 Å². The summed E-state index contributed by atoms with van der Waals surface area (Å²) in [6, 6.07) is -0.908. The smallest absolute Gasteiger partial charge is 0.268 e. The number of carbonyl (C=O) groups excluding carboxylic acids is 1. The largest absolute Gasteiger partial charge is 0.756 e. The van der Waals surface area contributed by atoms with E-state index in [1.165, 1.54) is 103 Å². The first kappa shape index (κ1) is 50.5. The molecule has 3 unspecified atom stereocenters. The Hall–Kier alpha value is -1.54. The Labute approximate surface area is 320 Å². The molecule has 0 bridgehead atoms. The fraction of sp³-hybridized carbons (Fsp3) is 0.791. The lowest BCUT2D eigenvalue weighted by Crippen LogP contribution is -2.45. The lowest BCUT2D eigenvalue weighted by molar-refractivity contribution is -0.870. The molecule has 0 radical (unpaired) electrons. The van der Waals surface area contributed by atoms with E-state index in [1.807, 2.05) is 40.2 Å². The molecule has 3 atom stereocenters. The van der Waals surface area contributed by atoms with E-state index in [2.05, 4.69) is 42.6 Å². The molecule has 0 spiro atoms. The molecular weight excluding hydrogens is 671 g/mol. The number of phosphoric acid groups is 1. The fourth-order valence-electron chi connectivity index (χ4n) is 5.71. The highest BCUT2D eigenvalue weighted by molar-refractivity contribution is 7.45. The van der Waals surface area contributed by atoms with Crippen molar-refractivity contribution in [1.82, 2.24) is 5.32 Å². The number of aliphatic hydroxyl groups is 1. The van der Waals surface area contributed by atoms with Gasteiger partial charge in [-0.2, -0.15) is 0 Å². The molecule has 0 fully saturated rings. The van der Waals surface area contributed by atoms with Gasteiger partial charge in [-0.05, 0) is 64.7 Å². The van der Waals surface area contributed by atoms with Crippen molar-refractivity contribution >= 4 is 13.7 Å². The second-order valence-electron chi connectivity index (χ2n) is 15.3. The number of hydrogen-bond donors (Lipinski definition) is 2. The van der Waals surface area contributed by atoms with Gasteiger partial charge in [0.05, 0.1) is 39.9 Å². The van der Waals surface area contributed by atoms with Gasteiger partial charge in [0.25, 0.3) is 7.82 Å². The third-order valence-electron chi connectivity index (χ3n) is 9.08. The molecule has 0 aliphatic heterocycles. The van der Waals surface area contributed by atoms with Gasteiger partial charge >= 0.3 is 0 Å². The molecule has 0 saturated carbocycles. The minimum absolute atomic E-state index is 0.0108. The van der Waals surface area contributed by atoms with Crippen LogP contribution in [-0.4, -0.2) is 68.5 Å². The predicted octanol–water partition coefficient (Wildman–Crippen LogP) is 10.7. The van der Waals surface area contributed by atoms with Crippen molar-refractivity contribution in [3.8, 4) is 0 Å². The minimum Gasteiger partial charge on any atom is -0.756 e. The maximum Gasteiger partial charge on any atom is 0.268 e. The second kappa shape index (κ2) is 35.2. The van der Waals surface area contributed by atoms with Crippen LogP contribution >= 0.6 is 7.82 Å². The van der Waals surface area contributed by atoms with Crippen molar-refractivity contribution in [2.75, 3.05) is 40.9 Å². The molecule has 0 aromatic rings. The van der Waals surface area contributed by atoms with E-state index in [0.29, 0.717) is 17.4 Å². The van der Waals surface area contributed by atoms with Gasteiger partial charge < -0.3 is 28.8 Å². The van der Waals surface area contributed by atoms with Gasteiger partial charge in [0.1, 0.15) is 13.2 Å². The van der Waals surface area contributed by atoms with Crippen LogP contribution in [0, 0.1) is 0 Å². The summed E-state index contributed by atoms with van der Waals surface area (Å²) in [5, 5.41) is 13.6. The van der Waals surface area contributed by atoms with E-state index >= 15 is 0 Å². The number of amides is 1. The average Bonchev–Trinajstić information content (AvgIpc) is 3.09. The van der Waals surface area contributed by atoms with E-state index in [0.717, 1.165) is 44.9 Å². The zero-order valence-corrected chi connectivity index (χ0v) is 35.1. The molecule has 0 aromatic carbocycles. The molecule has 0 aromatic heterocycles. The number of likely N-dealkylation sites (N-methyl/N-ethyl adjacent to an activating group) is 1. The first-order chi connectivity index (χ1) is 25.0. The number of nitrogens with zero attached hydrogens (tertiary/aromatic N) is 1. The van der Waals surface area contributed by atoms with Gasteiger partial charge in [0, 0.05) is 6.42 Å². The van der Waals surface area contributed by atoms with Crippen LogP contribution in [0.1, 0.15) is 168 Å². The van der Waals surface area contributed by atoms with Crippen LogP contribution in [0.3, 0.4) is 0 Å². The zero-order valence-electron chi connectivity index (χ0n) is 34.2. The number of carbonyl (C=O) groups is 1. The Morgan fingerprint density at radius 3 is 1.67 bits per heavy atom. The summed E-state index contributed by atoms with van der Waals surface area (Å²) >= 11 is 0. The van der Waals surface area contributed by atoms with Crippen LogP contribution in [-0.2, 0) is 18.4 Å². The van der Waals surface area contributed by atoms with E-state index in [1.54, 1.807) is 6.08 Å². The van der Waals surface area contributed by atoms with Crippen LogP contribution < -0.4 is 10.2 Å². The Morgan fingerprint density at radius 1 is 0.692 bits per heavy atom. The maximum absolute atomic E-state index is 12.8. The summed E-state index contributed by atoms with van der Waals surface area (Å²) in [6.45, 7) is 4.36. The van der Waals surface area contributed by atoms with Crippen LogP contribution in [0.25, 0.3) is 0 Å². The third kappa shape index (κ3) is 36.8. The number of unbranched alkanes of at least 4 members (excludes halogenated alkanes) is 19. The van der Waals surface area contributed by atoms with Crippen molar-refractivity contribution in [3.63, 3.8) is 0 Å². The average molecular weight is 753 g/mol. The number of rotatable bonds is 37. The molecule has 0 saturated heterocycles. The third-order valence-corrected chi connectivity index (χ3v) is 10.0. The van der Waals surface area contributed by atoms with Crippen LogP contribution in [0.5, 0.6) is 0 Å². The minimum atomic E-state index is -4.59. The van der Waals surface area contributed by atoms with E-state index < -0.39 is 26.6 Å². The van der Waals surface area contributed by atoms with Gasteiger partial charge in [-0.1, -0.05) is 145 Å². The number of nitrogens with one attached hydrogen (secondary N) is 1. The molecule has 0 aliphatic carbocycles. The van der Waals surface area contributed by atoms with Gasteiger partial charge in [0.2, 0.25) is 5.91 Å². The van der Waals surface area contributed by atoms with Gasteiger partial charge in [-0.15, -0.1) is 0 Å². The van der Waals surface area contributed by atoms with Crippen LogP contribution in [0.15, 0.2) is 48.6 Å². The number of allylic oxidation sites excluding steroid dienone is 7. The lowest BCUT2D eigenvalue weighted by Gasteiger charge is -2.29. The molecular formula is C43H81N2O6P. The Balaban J connectivity index is 4.31. The number of phosphoric ester groups is 1. The van der Waals surface area contributed by atoms with Crippen molar-refractivity contribution in [2.45, 2.75) is 180 Å². The summed E-state index contributed by atoms with van der Waals surface area (Å²) in [5.74, 6) is -0.219. The first-order valence-corrected chi connectivity index (χ1v) is 22.4. The van der Waals surface area contributed by atoms with Gasteiger partial charge in [-0.25, -0.2) is 0 Å². The Bertz CT molecular complexity index is 991. The quantitative estimate of drug-likeness (QED) is 0.0283. The SMILES string of the molecule is C/C=C/CC/C=C/CC/C=C/C(O)C(COP(=O)([O-])OCC[N+](C)(C)C)NC(=O)CCCCCCCCCCC/C=C\CCCCCCCCCC. The summed E-state index contributed by atoms with van der Waals surface area (Å²) in [6.07, 6.45) is 43.3. The standard InChI is InChI=1S/C43H81N2O6P/c1-6-8-10-12-14-16-17-18-19-20-21-22-23-24-25-26-27-29-31-33-35-37-43(47)44-41(40-51-52(48,49)50-39-38-45(3,4)5)42(46)36-34-32-30-28-15-13-11-9-7-2/h7,9,15,20-21,28,34,36,41-42,46H,6,8,10-14,16-19,22-27,29-33,35,37-40H2,1-5H3,(H-,44,47,48,49)/b9-7+,21-20-,28-15+,36-34+. The van der Waals surface area contributed by atoms with E-state index in [4.69, 9.17) is 9.05 Å². The molecule has 8 nitrogen and oxygen atoms in total. The molecule has 0 aliphatic rings. The predicted molar refractivity (Wildman–Crippen MR) is 219 cm³/mol. The van der Waals surface area contributed by atoms with Crippen LogP contribution in [0.4, 0.5) is 0 Å². The van der Waals surface area contributed by atoms with Crippen molar-refractivity contribution < 1.29 is 32.9 Å². The Kier molecular flexibility index (Phi) is 34.1. The van der Waals surface area contributed by atoms with Gasteiger partial charge in [-0.3, -0.25) is 9.36 Å². The second-order valence-corrected chi connectivity index (χ2v) is 16.7. The molecule has 52 heavy (non-hydrogen) atoms. The summed E-state index contributed by atoms with van der Waals surface area (Å²) in [4.78, 5) is 25.2. The normalized spacial score (nSPS) is 15.0. The summed E-state index contributed by atoms with van der Waals surface area (Å²) < 4.78 is 23.1. The highest BCUT2D eigenvalue weighted by Crippen LogP contribution is 2.38. The number of quaternary nitrogens is 1.